The number of ether oxygens (including phenoxy) is 1. The summed E-state index contributed by atoms with van der Waals surface area (Å²) in [6.07, 6.45) is 2.37. The van der Waals surface area contributed by atoms with Crippen molar-refractivity contribution in [2.24, 2.45) is 5.92 Å². The molecule has 20 heavy (non-hydrogen) atoms. The highest BCUT2D eigenvalue weighted by Gasteiger charge is 2.20. The molecule has 6 heteroatoms. The smallest absolute Gasteiger partial charge is 0.340 e. The maximum atomic E-state index is 12.1. The van der Waals surface area contributed by atoms with E-state index in [1.54, 1.807) is 11.4 Å². The van der Waals surface area contributed by atoms with Gasteiger partial charge in [0.2, 0.25) is 5.91 Å². The Morgan fingerprint density at radius 3 is 3.05 bits per heavy atom. The van der Waals surface area contributed by atoms with Gasteiger partial charge in [-0.05, 0) is 36.8 Å². The highest BCUT2D eigenvalue weighted by Crippen LogP contribution is 2.24. The normalized spacial score (nSPS) is 19.6. The lowest BCUT2D eigenvalue weighted by Crippen LogP contribution is -2.39. The minimum absolute atomic E-state index is 0.0771. The minimum atomic E-state index is -0.423. The van der Waals surface area contributed by atoms with Gasteiger partial charge in [-0.3, -0.25) is 9.69 Å². The summed E-state index contributed by atoms with van der Waals surface area (Å²) in [5.74, 6) is 0.142. The standard InChI is InChI=1S/C14H20N2O3S/c1-10-4-3-6-16(8-10)9-12(17)15-13-11(5-7-20-13)14(18)19-2/h5,7,10H,3-4,6,8-9H2,1-2H3,(H,15,17). The molecule has 0 aromatic carbocycles. The van der Waals surface area contributed by atoms with Gasteiger partial charge in [-0.2, -0.15) is 0 Å². The van der Waals surface area contributed by atoms with Gasteiger partial charge in [-0.15, -0.1) is 11.3 Å². The minimum Gasteiger partial charge on any atom is -0.465 e. The molecule has 1 fully saturated rings. The highest BCUT2D eigenvalue weighted by atomic mass is 32.1. The number of carbonyl (C=O) groups excluding carboxylic acids is 2. The van der Waals surface area contributed by atoms with Crippen molar-refractivity contribution >= 4 is 28.2 Å². The van der Waals surface area contributed by atoms with Gasteiger partial charge in [0, 0.05) is 6.54 Å². The average molecular weight is 296 g/mol. The van der Waals surface area contributed by atoms with E-state index < -0.39 is 5.97 Å². The van der Waals surface area contributed by atoms with Crippen LogP contribution >= 0.6 is 11.3 Å². The Bertz CT molecular complexity index is 487. The molecule has 1 saturated heterocycles. The van der Waals surface area contributed by atoms with E-state index in [9.17, 15) is 9.59 Å². The van der Waals surface area contributed by atoms with E-state index in [1.165, 1.54) is 24.9 Å². The zero-order valence-electron chi connectivity index (χ0n) is 11.8. The van der Waals surface area contributed by atoms with Crippen LogP contribution < -0.4 is 5.32 Å². The summed E-state index contributed by atoms with van der Waals surface area (Å²) in [6, 6.07) is 1.66. The number of methoxy groups -OCH3 is 1. The Morgan fingerprint density at radius 2 is 2.35 bits per heavy atom. The van der Waals surface area contributed by atoms with Crippen LogP contribution in [0.1, 0.15) is 30.1 Å². The third-order valence-corrected chi connectivity index (χ3v) is 4.26. The summed E-state index contributed by atoms with van der Waals surface area (Å²) in [7, 11) is 1.33. The zero-order chi connectivity index (χ0) is 14.5. The molecule has 1 amide bonds. The monoisotopic (exact) mass is 296 g/mol. The number of hydrogen-bond donors (Lipinski definition) is 1. The number of nitrogens with one attached hydrogen (secondary N) is 1. The highest BCUT2D eigenvalue weighted by molar-refractivity contribution is 7.14. The summed E-state index contributed by atoms with van der Waals surface area (Å²) >= 11 is 1.33. The molecule has 1 N–H and O–H groups in total. The molecule has 0 aliphatic carbocycles. The Morgan fingerprint density at radius 1 is 1.55 bits per heavy atom. The zero-order valence-corrected chi connectivity index (χ0v) is 12.7. The predicted octanol–water partition coefficient (Wildman–Crippen LogP) is 2.21. The number of hydrogen-bond acceptors (Lipinski definition) is 5. The Labute approximate surface area is 122 Å². The van der Waals surface area contributed by atoms with Crippen molar-refractivity contribution in [1.82, 2.24) is 4.90 Å². The molecule has 2 heterocycles. The van der Waals surface area contributed by atoms with Crippen molar-refractivity contribution in [2.75, 3.05) is 32.1 Å². The second kappa shape index (κ2) is 6.85. The molecule has 0 spiro atoms. The molecule has 1 aliphatic heterocycles. The van der Waals surface area contributed by atoms with Gasteiger partial charge in [0.05, 0.1) is 19.2 Å². The van der Waals surface area contributed by atoms with Crippen LogP contribution in [-0.2, 0) is 9.53 Å². The molecule has 2 rings (SSSR count). The van der Waals surface area contributed by atoms with Crippen molar-refractivity contribution in [1.29, 1.82) is 0 Å². The van der Waals surface area contributed by atoms with E-state index in [-0.39, 0.29) is 5.91 Å². The fourth-order valence-corrected chi connectivity index (χ4v) is 3.27. The van der Waals surface area contributed by atoms with Crippen molar-refractivity contribution in [3.8, 4) is 0 Å². The van der Waals surface area contributed by atoms with Crippen LogP contribution in [0.2, 0.25) is 0 Å². The SMILES string of the molecule is COC(=O)c1ccsc1NC(=O)CN1CCCC(C)C1. The number of carbonyl (C=O) groups is 2. The Kier molecular flexibility index (Phi) is 5.14. The largest absolute Gasteiger partial charge is 0.465 e. The number of anilines is 1. The first kappa shape index (κ1) is 15.0. The van der Waals surface area contributed by atoms with Crippen LogP contribution in [0, 0.1) is 5.92 Å². The van der Waals surface area contributed by atoms with Gasteiger partial charge in [-0.1, -0.05) is 6.92 Å². The van der Waals surface area contributed by atoms with Crippen LogP contribution in [0.5, 0.6) is 0 Å². The van der Waals surface area contributed by atoms with Crippen LogP contribution in [0.3, 0.4) is 0 Å². The molecule has 0 saturated carbocycles. The molecule has 1 aromatic rings. The van der Waals surface area contributed by atoms with Crippen LogP contribution in [0.25, 0.3) is 0 Å². The molecule has 1 atom stereocenters. The van der Waals surface area contributed by atoms with Gasteiger partial charge in [-0.25, -0.2) is 4.79 Å². The first-order valence-corrected chi connectivity index (χ1v) is 7.66. The summed E-state index contributed by atoms with van der Waals surface area (Å²) < 4.78 is 4.69. The second-order valence-corrected chi connectivity index (χ2v) is 6.10. The third-order valence-electron chi connectivity index (χ3n) is 3.43. The molecule has 5 nitrogen and oxygen atoms in total. The quantitative estimate of drug-likeness (QED) is 0.865. The molecule has 1 aromatic heterocycles. The van der Waals surface area contributed by atoms with E-state index >= 15 is 0 Å². The van der Waals surface area contributed by atoms with Crippen molar-refractivity contribution in [3.05, 3.63) is 17.0 Å². The maximum Gasteiger partial charge on any atom is 0.340 e. The lowest BCUT2D eigenvalue weighted by molar-refractivity contribution is -0.117. The fraction of sp³-hybridized carbons (Fsp3) is 0.571. The van der Waals surface area contributed by atoms with Gasteiger partial charge >= 0.3 is 5.97 Å². The van der Waals surface area contributed by atoms with Gasteiger partial charge in [0.25, 0.3) is 0 Å². The number of rotatable bonds is 4. The van der Waals surface area contributed by atoms with Crippen LogP contribution in [0.15, 0.2) is 11.4 Å². The first-order chi connectivity index (χ1) is 9.60. The predicted molar refractivity (Wildman–Crippen MR) is 79.1 cm³/mol. The molecular weight excluding hydrogens is 276 g/mol. The van der Waals surface area contributed by atoms with E-state index in [0.29, 0.717) is 23.0 Å². The summed E-state index contributed by atoms with van der Waals surface area (Å²) in [4.78, 5) is 25.7. The van der Waals surface area contributed by atoms with Gasteiger partial charge < -0.3 is 10.1 Å². The number of esters is 1. The second-order valence-electron chi connectivity index (χ2n) is 5.19. The number of piperidine rings is 1. The molecule has 0 bridgehead atoms. The number of likely N-dealkylation sites (tertiary alicyclic amines) is 1. The van der Waals surface area contributed by atoms with Crippen molar-refractivity contribution in [2.45, 2.75) is 19.8 Å². The molecular formula is C14H20N2O3S. The Balaban J connectivity index is 1.91. The Hall–Kier alpha value is -1.40. The van der Waals surface area contributed by atoms with Crippen LogP contribution in [-0.4, -0.2) is 43.5 Å². The molecule has 110 valence electrons. The van der Waals surface area contributed by atoms with E-state index in [2.05, 4.69) is 21.9 Å². The van der Waals surface area contributed by atoms with Crippen molar-refractivity contribution < 1.29 is 14.3 Å². The van der Waals surface area contributed by atoms with Gasteiger partial charge in [0.15, 0.2) is 0 Å². The first-order valence-electron chi connectivity index (χ1n) is 6.78. The third kappa shape index (κ3) is 3.80. The summed E-state index contributed by atoms with van der Waals surface area (Å²) in [5.41, 5.74) is 0.415. The molecule has 0 radical (unpaired) electrons. The molecule has 1 aliphatic rings. The van der Waals surface area contributed by atoms with Crippen molar-refractivity contribution in [3.63, 3.8) is 0 Å². The fourth-order valence-electron chi connectivity index (χ4n) is 2.48. The lowest BCUT2D eigenvalue weighted by Gasteiger charge is -2.30. The van der Waals surface area contributed by atoms with E-state index in [1.807, 2.05) is 0 Å². The number of nitrogens with zero attached hydrogens (tertiary/aromatic N) is 1. The lowest BCUT2D eigenvalue weighted by atomic mass is 10.0. The van der Waals surface area contributed by atoms with Gasteiger partial charge in [0.1, 0.15) is 5.00 Å². The van der Waals surface area contributed by atoms with E-state index in [4.69, 9.17) is 0 Å². The summed E-state index contributed by atoms with van der Waals surface area (Å²) in [5, 5.41) is 5.14. The van der Waals surface area contributed by atoms with Crippen LogP contribution in [0.4, 0.5) is 5.00 Å². The topological polar surface area (TPSA) is 58.6 Å². The van der Waals surface area contributed by atoms with E-state index in [0.717, 1.165) is 19.5 Å². The number of amides is 1. The molecule has 1 unspecified atom stereocenters. The summed E-state index contributed by atoms with van der Waals surface area (Å²) in [6.45, 7) is 4.51. The number of thiophene rings is 1. The average Bonchev–Trinajstić information content (AvgIpc) is 2.85. The maximum absolute atomic E-state index is 12.1.